The first-order chi connectivity index (χ1) is 8.12. The van der Waals surface area contributed by atoms with Crippen LogP contribution in [0.15, 0.2) is 18.2 Å². The molecule has 0 atom stereocenters. The summed E-state index contributed by atoms with van der Waals surface area (Å²) in [6, 6.07) is 5.99. The highest BCUT2D eigenvalue weighted by Crippen LogP contribution is 2.25. The standard InChI is InChI=1S/C11H17N3O2S/c1-12-17(15,16)14-8-10-5-2-4-9-6-3-7-13-11(9)10/h2,4-5,12-14H,3,6-8H2,1H3. The molecule has 1 heterocycles. The van der Waals surface area contributed by atoms with Crippen molar-refractivity contribution >= 4 is 15.9 Å². The molecule has 0 aromatic heterocycles. The third kappa shape index (κ3) is 2.96. The number of benzene rings is 1. The average molecular weight is 255 g/mol. The third-order valence-corrected chi connectivity index (χ3v) is 3.94. The minimum Gasteiger partial charge on any atom is -0.385 e. The van der Waals surface area contributed by atoms with Gasteiger partial charge >= 0.3 is 0 Å². The number of aryl methyl sites for hydroxylation is 1. The summed E-state index contributed by atoms with van der Waals surface area (Å²) in [5.41, 5.74) is 3.33. The van der Waals surface area contributed by atoms with Gasteiger partial charge in [0.25, 0.3) is 10.2 Å². The summed E-state index contributed by atoms with van der Waals surface area (Å²) in [5, 5.41) is 3.33. The summed E-state index contributed by atoms with van der Waals surface area (Å²) in [6.45, 7) is 1.25. The van der Waals surface area contributed by atoms with Crippen LogP contribution < -0.4 is 14.8 Å². The fraction of sp³-hybridized carbons (Fsp3) is 0.455. The molecule has 0 spiro atoms. The van der Waals surface area contributed by atoms with Gasteiger partial charge in [-0.3, -0.25) is 0 Å². The van der Waals surface area contributed by atoms with E-state index in [1.54, 1.807) is 0 Å². The van der Waals surface area contributed by atoms with Crippen molar-refractivity contribution in [2.45, 2.75) is 19.4 Å². The van der Waals surface area contributed by atoms with Gasteiger partial charge in [0, 0.05) is 25.8 Å². The van der Waals surface area contributed by atoms with E-state index in [1.807, 2.05) is 12.1 Å². The molecule has 3 N–H and O–H groups in total. The SMILES string of the molecule is CNS(=O)(=O)NCc1cccc2c1NCCC2. The van der Waals surface area contributed by atoms with Crippen LogP contribution in [0.3, 0.4) is 0 Å². The average Bonchev–Trinajstić information content (AvgIpc) is 2.36. The molecule has 0 amide bonds. The molecule has 0 radical (unpaired) electrons. The van der Waals surface area contributed by atoms with Gasteiger partial charge < -0.3 is 5.32 Å². The minimum atomic E-state index is -3.37. The van der Waals surface area contributed by atoms with Crippen LogP contribution in [0.1, 0.15) is 17.5 Å². The number of para-hydroxylation sites is 1. The molecule has 1 aromatic carbocycles. The highest BCUT2D eigenvalue weighted by Gasteiger charge is 2.13. The summed E-state index contributed by atoms with van der Waals surface area (Å²) in [5.74, 6) is 0. The highest BCUT2D eigenvalue weighted by atomic mass is 32.2. The Kier molecular flexibility index (Phi) is 3.66. The molecule has 0 unspecified atom stereocenters. The van der Waals surface area contributed by atoms with Crippen molar-refractivity contribution in [3.8, 4) is 0 Å². The molecule has 17 heavy (non-hydrogen) atoms. The summed E-state index contributed by atoms with van der Waals surface area (Å²) in [6.07, 6.45) is 2.17. The first-order valence-corrected chi connectivity index (χ1v) is 7.13. The molecule has 5 nitrogen and oxygen atoms in total. The van der Waals surface area contributed by atoms with Crippen molar-refractivity contribution in [1.82, 2.24) is 9.44 Å². The van der Waals surface area contributed by atoms with E-state index in [0.29, 0.717) is 6.54 Å². The quantitative estimate of drug-likeness (QED) is 0.738. The Morgan fingerprint density at radius 3 is 3.00 bits per heavy atom. The van der Waals surface area contributed by atoms with E-state index in [0.717, 1.165) is 30.6 Å². The lowest BCUT2D eigenvalue weighted by molar-refractivity contribution is 0.573. The predicted octanol–water partition coefficient (Wildman–Crippen LogP) is 0.598. The fourth-order valence-corrected chi connectivity index (χ4v) is 2.46. The van der Waals surface area contributed by atoms with Gasteiger partial charge in [-0.15, -0.1) is 0 Å². The van der Waals surface area contributed by atoms with Crippen LogP contribution in [-0.2, 0) is 23.2 Å². The Morgan fingerprint density at radius 1 is 1.41 bits per heavy atom. The van der Waals surface area contributed by atoms with Crippen molar-refractivity contribution in [3.05, 3.63) is 29.3 Å². The van der Waals surface area contributed by atoms with Crippen LogP contribution in [0.25, 0.3) is 0 Å². The second kappa shape index (κ2) is 5.03. The Hall–Kier alpha value is -1.11. The number of nitrogens with one attached hydrogen (secondary N) is 3. The fourth-order valence-electron chi connectivity index (χ4n) is 1.97. The van der Waals surface area contributed by atoms with Crippen LogP contribution >= 0.6 is 0 Å². The van der Waals surface area contributed by atoms with Crippen molar-refractivity contribution < 1.29 is 8.42 Å². The Bertz CT molecular complexity index is 499. The lowest BCUT2D eigenvalue weighted by Crippen LogP contribution is -2.33. The molecule has 94 valence electrons. The Labute approximate surface area is 102 Å². The van der Waals surface area contributed by atoms with Crippen LogP contribution in [0.5, 0.6) is 0 Å². The zero-order valence-electron chi connectivity index (χ0n) is 9.79. The molecule has 6 heteroatoms. The maximum Gasteiger partial charge on any atom is 0.276 e. The maximum absolute atomic E-state index is 11.3. The van der Waals surface area contributed by atoms with Crippen molar-refractivity contribution in [3.63, 3.8) is 0 Å². The van der Waals surface area contributed by atoms with Gasteiger partial charge in [0.15, 0.2) is 0 Å². The van der Waals surface area contributed by atoms with E-state index in [1.165, 1.54) is 12.6 Å². The topological polar surface area (TPSA) is 70.2 Å². The molecule has 0 fully saturated rings. The normalized spacial score (nSPS) is 15.1. The molecule has 0 aliphatic carbocycles. The highest BCUT2D eigenvalue weighted by molar-refractivity contribution is 7.87. The van der Waals surface area contributed by atoms with Crippen LogP contribution in [0.2, 0.25) is 0 Å². The van der Waals surface area contributed by atoms with Gasteiger partial charge in [-0.05, 0) is 24.0 Å². The van der Waals surface area contributed by atoms with Crippen molar-refractivity contribution in [2.75, 3.05) is 18.9 Å². The second-order valence-electron chi connectivity index (χ2n) is 4.01. The maximum atomic E-state index is 11.3. The molecule has 0 saturated heterocycles. The van der Waals surface area contributed by atoms with Gasteiger partial charge in [0.2, 0.25) is 0 Å². The van der Waals surface area contributed by atoms with Crippen LogP contribution in [0, 0.1) is 0 Å². The largest absolute Gasteiger partial charge is 0.385 e. The van der Waals surface area contributed by atoms with E-state index < -0.39 is 10.2 Å². The zero-order valence-corrected chi connectivity index (χ0v) is 10.6. The smallest absolute Gasteiger partial charge is 0.276 e. The molecular weight excluding hydrogens is 238 g/mol. The summed E-state index contributed by atoms with van der Waals surface area (Å²) >= 11 is 0. The van der Waals surface area contributed by atoms with Crippen LogP contribution in [0.4, 0.5) is 5.69 Å². The zero-order chi connectivity index (χ0) is 12.3. The first kappa shape index (κ1) is 12.3. The minimum absolute atomic E-state index is 0.305. The number of hydrogen-bond acceptors (Lipinski definition) is 3. The van der Waals surface area contributed by atoms with E-state index in [4.69, 9.17) is 0 Å². The van der Waals surface area contributed by atoms with E-state index >= 15 is 0 Å². The Balaban J connectivity index is 2.16. The van der Waals surface area contributed by atoms with Gasteiger partial charge in [-0.2, -0.15) is 13.1 Å². The van der Waals surface area contributed by atoms with Crippen LogP contribution in [-0.4, -0.2) is 22.0 Å². The van der Waals surface area contributed by atoms with E-state index in [-0.39, 0.29) is 0 Å². The molecule has 1 aliphatic heterocycles. The summed E-state index contributed by atoms with van der Waals surface area (Å²) in [7, 11) is -1.98. The second-order valence-corrected chi connectivity index (χ2v) is 5.71. The first-order valence-electron chi connectivity index (χ1n) is 5.65. The molecule has 0 saturated carbocycles. The third-order valence-electron chi connectivity index (χ3n) is 2.88. The van der Waals surface area contributed by atoms with Gasteiger partial charge in [-0.25, -0.2) is 4.72 Å². The number of anilines is 1. The number of hydrogen-bond donors (Lipinski definition) is 3. The van der Waals surface area contributed by atoms with Crippen molar-refractivity contribution in [2.24, 2.45) is 0 Å². The van der Waals surface area contributed by atoms with Gasteiger partial charge in [0.05, 0.1) is 0 Å². The van der Waals surface area contributed by atoms with Gasteiger partial charge in [0.1, 0.15) is 0 Å². The molecule has 0 bridgehead atoms. The molecule has 1 aromatic rings. The summed E-state index contributed by atoms with van der Waals surface area (Å²) in [4.78, 5) is 0. The monoisotopic (exact) mass is 255 g/mol. The molecule has 1 aliphatic rings. The molecular formula is C11H17N3O2S. The predicted molar refractivity (Wildman–Crippen MR) is 68.1 cm³/mol. The number of fused-ring (bicyclic) bond motifs is 1. The number of rotatable bonds is 4. The van der Waals surface area contributed by atoms with E-state index in [2.05, 4.69) is 20.8 Å². The molecule has 2 rings (SSSR count). The lowest BCUT2D eigenvalue weighted by atomic mass is 9.99. The van der Waals surface area contributed by atoms with Crippen molar-refractivity contribution in [1.29, 1.82) is 0 Å². The van der Waals surface area contributed by atoms with E-state index in [9.17, 15) is 8.42 Å². The Morgan fingerprint density at radius 2 is 2.24 bits per heavy atom. The lowest BCUT2D eigenvalue weighted by Gasteiger charge is -2.21. The van der Waals surface area contributed by atoms with Gasteiger partial charge in [-0.1, -0.05) is 18.2 Å². The summed E-state index contributed by atoms with van der Waals surface area (Å²) < 4.78 is 27.3.